The topological polar surface area (TPSA) is 92.1 Å². The van der Waals surface area contributed by atoms with Crippen LogP contribution in [0.2, 0.25) is 0 Å². The molecule has 0 saturated carbocycles. The van der Waals surface area contributed by atoms with Gasteiger partial charge in [-0.2, -0.15) is 0 Å². The quantitative estimate of drug-likeness (QED) is 0.0784. The van der Waals surface area contributed by atoms with Crippen molar-refractivity contribution < 1.29 is 24.5 Å². The minimum Gasteiger partial charge on any atom is -0.497 e. The summed E-state index contributed by atoms with van der Waals surface area (Å²) < 4.78 is 11.2. The van der Waals surface area contributed by atoms with Crippen molar-refractivity contribution in [2.45, 2.75) is 55.4 Å². The van der Waals surface area contributed by atoms with E-state index in [4.69, 9.17) is 14.6 Å². The number of pyridine rings is 1. The summed E-state index contributed by atoms with van der Waals surface area (Å²) in [5.74, 6) is 0.367. The second kappa shape index (κ2) is 16.6. The summed E-state index contributed by atoms with van der Waals surface area (Å²) in [6, 6.07) is 19.5. The summed E-state index contributed by atoms with van der Waals surface area (Å²) in [4.78, 5) is 17.7. The van der Waals surface area contributed by atoms with Crippen LogP contribution < -0.4 is 14.4 Å². The molecule has 0 amide bonds. The van der Waals surface area contributed by atoms with Gasteiger partial charge in [0.05, 0.1) is 18.7 Å². The molecule has 3 aromatic rings. The molecule has 3 rings (SSSR count). The lowest BCUT2D eigenvalue weighted by Gasteiger charge is -2.16. The average molecular weight is 565 g/mol. The number of thioether (sulfide) groups is 1. The van der Waals surface area contributed by atoms with Crippen molar-refractivity contribution in [2.24, 2.45) is 0 Å². The zero-order chi connectivity index (χ0) is 28.7. The highest BCUT2D eigenvalue weighted by molar-refractivity contribution is 7.99. The van der Waals surface area contributed by atoms with Crippen LogP contribution in [0.5, 0.6) is 11.5 Å². The number of nitrogens with zero attached hydrogens (tertiary/aromatic N) is 2. The molecule has 40 heavy (non-hydrogen) atoms. The maximum Gasteiger partial charge on any atom is 0.328 e. The van der Waals surface area contributed by atoms with E-state index >= 15 is 0 Å². The number of rotatable bonds is 17. The average Bonchev–Trinajstić information content (AvgIpc) is 2.96. The number of carboxylic acid groups (broad SMARTS) is 1. The number of aliphatic hydroxyl groups excluding tert-OH is 1. The molecule has 2 aromatic carbocycles. The Kier molecular flexibility index (Phi) is 12.9. The number of unbranched alkanes of at least 4 members (excludes halogenated alkanes) is 5. The van der Waals surface area contributed by atoms with Crippen molar-refractivity contribution in [3.05, 3.63) is 83.6 Å². The third-order valence-electron chi connectivity index (χ3n) is 6.42. The van der Waals surface area contributed by atoms with E-state index in [1.54, 1.807) is 19.2 Å². The first-order valence-corrected chi connectivity index (χ1v) is 14.5. The van der Waals surface area contributed by atoms with Gasteiger partial charge in [-0.25, -0.2) is 9.78 Å². The van der Waals surface area contributed by atoms with Gasteiger partial charge in [-0.3, -0.25) is 0 Å². The molecule has 1 aromatic heterocycles. The Hall–Kier alpha value is -3.49. The monoisotopic (exact) mass is 564 g/mol. The first-order valence-electron chi connectivity index (χ1n) is 13.7. The van der Waals surface area contributed by atoms with E-state index < -0.39 is 11.4 Å². The van der Waals surface area contributed by atoms with Crippen LogP contribution in [0.3, 0.4) is 0 Å². The maximum absolute atomic E-state index is 11.1. The van der Waals surface area contributed by atoms with Crippen LogP contribution >= 0.6 is 11.8 Å². The molecule has 7 nitrogen and oxygen atoms in total. The first-order chi connectivity index (χ1) is 19.4. The van der Waals surface area contributed by atoms with Crippen LogP contribution in [0.25, 0.3) is 6.08 Å². The van der Waals surface area contributed by atoms with E-state index in [1.807, 2.05) is 55.4 Å². The van der Waals surface area contributed by atoms with Gasteiger partial charge >= 0.3 is 5.97 Å². The standard InChI is InChI=1S/C32H40N2O5S/c1-34(2)26-13-10-12-25(23-26)32(37)40-30-20-19-29(28(33-30)18-21-31(35)36)39-22-9-7-5-4-6-8-11-24-14-16-27(38-3)17-15-24/h10,12-21,23,32,37H,4-9,11,22H2,1-3H3,(H,35,36). The third kappa shape index (κ3) is 10.6. The lowest BCUT2D eigenvalue weighted by molar-refractivity contribution is -0.131. The van der Waals surface area contributed by atoms with Crippen molar-refractivity contribution in [3.63, 3.8) is 0 Å². The molecular formula is C32H40N2O5S. The van der Waals surface area contributed by atoms with Gasteiger partial charge in [-0.1, -0.05) is 61.7 Å². The Labute approximate surface area is 241 Å². The van der Waals surface area contributed by atoms with E-state index in [0.29, 0.717) is 23.1 Å². The lowest BCUT2D eigenvalue weighted by Crippen LogP contribution is -2.09. The van der Waals surface area contributed by atoms with Gasteiger partial charge in [0.1, 0.15) is 22.6 Å². The molecule has 2 N–H and O–H groups in total. The zero-order valence-corrected chi connectivity index (χ0v) is 24.4. The summed E-state index contributed by atoms with van der Waals surface area (Å²) >= 11 is 1.20. The Morgan fingerprint density at radius 2 is 1.73 bits per heavy atom. The van der Waals surface area contributed by atoms with Gasteiger partial charge in [-0.15, -0.1) is 0 Å². The fraction of sp³-hybridized carbons (Fsp3) is 0.375. The highest BCUT2D eigenvalue weighted by Gasteiger charge is 2.14. The molecule has 1 atom stereocenters. The molecular weight excluding hydrogens is 524 g/mol. The molecule has 0 saturated heterocycles. The van der Waals surface area contributed by atoms with Crippen LogP contribution in [-0.4, -0.2) is 49.0 Å². The predicted octanol–water partition coefficient (Wildman–Crippen LogP) is 7.00. The van der Waals surface area contributed by atoms with E-state index in [0.717, 1.165) is 48.8 Å². The number of carbonyl (C=O) groups is 1. The predicted molar refractivity (Wildman–Crippen MR) is 162 cm³/mol. The number of anilines is 1. The van der Waals surface area contributed by atoms with Crippen LogP contribution in [0.1, 0.15) is 60.8 Å². The molecule has 214 valence electrons. The highest BCUT2D eigenvalue weighted by atomic mass is 32.2. The van der Waals surface area contributed by atoms with Crippen molar-refractivity contribution in [1.82, 2.24) is 4.98 Å². The normalized spacial score (nSPS) is 11.9. The van der Waals surface area contributed by atoms with Crippen molar-refractivity contribution in [2.75, 3.05) is 32.7 Å². The van der Waals surface area contributed by atoms with Gasteiger partial charge in [0.25, 0.3) is 0 Å². The van der Waals surface area contributed by atoms with Crippen LogP contribution in [0.15, 0.2) is 71.8 Å². The molecule has 0 aliphatic carbocycles. The fourth-order valence-electron chi connectivity index (χ4n) is 4.15. The van der Waals surface area contributed by atoms with E-state index in [9.17, 15) is 9.90 Å². The number of benzene rings is 2. The number of aliphatic carboxylic acids is 1. The smallest absolute Gasteiger partial charge is 0.328 e. The number of carboxylic acids is 1. The fourth-order valence-corrected chi connectivity index (χ4v) is 4.96. The molecule has 1 unspecified atom stereocenters. The lowest BCUT2D eigenvalue weighted by atomic mass is 10.0. The number of aromatic nitrogens is 1. The van der Waals surface area contributed by atoms with Gasteiger partial charge in [0.2, 0.25) is 0 Å². The molecule has 0 bridgehead atoms. The Morgan fingerprint density at radius 1 is 1.00 bits per heavy atom. The number of ether oxygens (including phenoxy) is 2. The van der Waals surface area contributed by atoms with Gasteiger partial charge in [-0.05, 0) is 72.9 Å². The molecule has 1 heterocycles. The Bertz CT molecular complexity index is 1230. The molecule has 0 spiro atoms. The maximum atomic E-state index is 11.1. The zero-order valence-electron chi connectivity index (χ0n) is 23.6. The minimum atomic E-state index is -1.06. The molecule has 0 aliphatic heterocycles. The largest absolute Gasteiger partial charge is 0.497 e. The number of methoxy groups -OCH3 is 1. The molecule has 0 aliphatic rings. The number of hydrogen-bond donors (Lipinski definition) is 2. The Morgan fingerprint density at radius 3 is 2.42 bits per heavy atom. The van der Waals surface area contributed by atoms with Crippen LogP contribution in [-0.2, 0) is 11.2 Å². The second-order valence-corrected chi connectivity index (χ2v) is 10.8. The first kappa shape index (κ1) is 31.0. The van der Waals surface area contributed by atoms with Crippen molar-refractivity contribution in [3.8, 4) is 11.5 Å². The van der Waals surface area contributed by atoms with Gasteiger partial charge in [0, 0.05) is 25.9 Å². The van der Waals surface area contributed by atoms with Gasteiger partial charge < -0.3 is 24.6 Å². The second-order valence-electron chi connectivity index (χ2n) is 9.73. The van der Waals surface area contributed by atoms with E-state index in [1.165, 1.54) is 42.7 Å². The molecule has 0 radical (unpaired) electrons. The number of hydrogen-bond acceptors (Lipinski definition) is 7. The summed E-state index contributed by atoms with van der Waals surface area (Å²) in [6.45, 7) is 0.536. The number of aryl methyl sites for hydroxylation is 1. The summed E-state index contributed by atoms with van der Waals surface area (Å²) in [6.07, 6.45) is 10.3. The van der Waals surface area contributed by atoms with Gasteiger partial charge in [0.15, 0.2) is 0 Å². The summed E-state index contributed by atoms with van der Waals surface area (Å²) in [7, 11) is 5.58. The minimum absolute atomic E-state index is 0.431. The van der Waals surface area contributed by atoms with E-state index in [-0.39, 0.29) is 0 Å². The summed E-state index contributed by atoms with van der Waals surface area (Å²) in [5.41, 5.74) is 2.72. The highest BCUT2D eigenvalue weighted by Crippen LogP contribution is 2.35. The molecule has 8 heteroatoms. The van der Waals surface area contributed by atoms with Crippen LogP contribution in [0.4, 0.5) is 5.69 Å². The molecule has 0 fully saturated rings. The summed E-state index contributed by atoms with van der Waals surface area (Å²) in [5, 5.41) is 20.5. The van der Waals surface area contributed by atoms with E-state index in [2.05, 4.69) is 17.1 Å². The third-order valence-corrected chi connectivity index (χ3v) is 7.39. The SMILES string of the molecule is COc1ccc(CCCCCCCCOc2ccc(SC(O)c3cccc(N(C)C)c3)nc2C=CC(=O)O)cc1. The van der Waals surface area contributed by atoms with Crippen LogP contribution in [0, 0.1) is 0 Å². The van der Waals surface area contributed by atoms with Crippen molar-refractivity contribution >= 4 is 29.5 Å². The van der Waals surface area contributed by atoms with Crippen molar-refractivity contribution in [1.29, 1.82) is 0 Å². The Balaban J connectivity index is 1.44. The number of aliphatic hydroxyl groups is 1.